The third-order valence-electron chi connectivity index (χ3n) is 3.99. The number of likely N-dealkylation sites (tertiary alicyclic amines) is 1. The van der Waals surface area contributed by atoms with E-state index in [0.29, 0.717) is 24.1 Å². The number of nitrogens with one attached hydrogen (secondary N) is 1. The number of esters is 1. The summed E-state index contributed by atoms with van der Waals surface area (Å²) in [6, 6.07) is 6.48. The fraction of sp³-hybridized carbons (Fsp3) is 0.474. The van der Waals surface area contributed by atoms with Crippen molar-refractivity contribution < 1.29 is 19.4 Å². The van der Waals surface area contributed by atoms with Gasteiger partial charge in [0.1, 0.15) is 11.6 Å². The molecule has 0 aliphatic carbocycles. The lowest BCUT2D eigenvalue weighted by Crippen LogP contribution is -2.36. The van der Waals surface area contributed by atoms with Crippen molar-refractivity contribution in [2.75, 3.05) is 20.7 Å². The molecule has 1 saturated heterocycles. The molecule has 134 valence electrons. The molecular weight excluding hydrogens is 320 g/mol. The van der Waals surface area contributed by atoms with Gasteiger partial charge in [0, 0.05) is 23.7 Å². The second-order valence-electron chi connectivity index (χ2n) is 6.77. The van der Waals surface area contributed by atoms with Gasteiger partial charge in [-0.3, -0.25) is 14.5 Å². The molecule has 1 heterocycles. The van der Waals surface area contributed by atoms with E-state index < -0.39 is 5.60 Å². The van der Waals surface area contributed by atoms with E-state index in [1.54, 1.807) is 38.1 Å². The molecule has 2 atom stereocenters. The second-order valence-corrected chi connectivity index (χ2v) is 6.77. The van der Waals surface area contributed by atoms with Crippen LogP contribution < -0.4 is 5.32 Å². The maximum atomic E-state index is 12.5. The van der Waals surface area contributed by atoms with E-state index >= 15 is 0 Å². The average molecular weight is 344 g/mol. The lowest BCUT2D eigenvalue weighted by Gasteiger charge is -2.15. The van der Waals surface area contributed by atoms with Crippen molar-refractivity contribution in [1.82, 2.24) is 10.2 Å². The lowest BCUT2D eigenvalue weighted by molar-refractivity contribution is -0.145. The van der Waals surface area contributed by atoms with Crippen LogP contribution >= 0.6 is 0 Å². The number of methoxy groups -OCH3 is 1. The van der Waals surface area contributed by atoms with Crippen LogP contribution in [0.2, 0.25) is 0 Å². The summed E-state index contributed by atoms with van der Waals surface area (Å²) >= 11 is 0. The Kier molecular flexibility index (Phi) is 5.83. The predicted octanol–water partition coefficient (Wildman–Crippen LogP) is 0.784. The number of aliphatic hydroxyl groups is 1. The number of carbonyl (C=O) groups is 2. The number of rotatable bonds is 3. The highest BCUT2D eigenvalue weighted by atomic mass is 16.5. The number of likely N-dealkylation sites (N-methyl/N-ethyl adjacent to an activating group) is 1. The Labute approximate surface area is 148 Å². The average Bonchev–Trinajstić information content (AvgIpc) is 2.92. The molecule has 2 rings (SSSR count). The van der Waals surface area contributed by atoms with Crippen LogP contribution in [0.25, 0.3) is 0 Å². The van der Waals surface area contributed by atoms with Gasteiger partial charge in [-0.15, -0.1) is 0 Å². The van der Waals surface area contributed by atoms with Crippen molar-refractivity contribution in [3.05, 3.63) is 35.4 Å². The van der Waals surface area contributed by atoms with E-state index in [4.69, 9.17) is 4.74 Å². The fourth-order valence-electron chi connectivity index (χ4n) is 2.75. The summed E-state index contributed by atoms with van der Waals surface area (Å²) in [5.74, 6) is 5.08. The second kappa shape index (κ2) is 7.68. The Morgan fingerprint density at radius 3 is 2.76 bits per heavy atom. The van der Waals surface area contributed by atoms with E-state index in [-0.39, 0.29) is 24.0 Å². The summed E-state index contributed by atoms with van der Waals surface area (Å²) in [6.07, 6.45) is 0.521. The van der Waals surface area contributed by atoms with Crippen molar-refractivity contribution in [2.24, 2.45) is 0 Å². The Morgan fingerprint density at radius 2 is 2.12 bits per heavy atom. The van der Waals surface area contributed by atoms with Crippen LogP contribution in [-0.2, 0) is 9.53 Å². The molecule has 0 spiro atoms. The Morgan fingerprint density at radius 1 is 1.40 bits per heavy atom. The van der Waals surface area contributed by atoms with Gasteiger partial charge in [-0.25, -0.2) is 0 Å². The van der Waals surface area contributed by atoms with E-state index in [2.05, 4.69) is 17.2 Å². The zero-order valence-corrected chi connectivity index (χ0v) is 15.0. The van der Waals surface area contributed by atoms with Gasteiger partial charge in [0.15, 0.2) is 0 Å². The Hall–Kier alpha value is -2.36. The minimum Gasteiger partial charge on any atom is -0.468 e. The number of hydrogen-bond donors (Lipinski definition) is 2. The summed E-state index contributed by atoms with van der Waals surface area (Å²) in [5, 5.41) is 12.6. The van der Waals surface area contributed by atoms with Gasteiger partial charge in [0.2, 0.25) is 0 Å². The van der Waals surface area contributed by atoms with E-state index in [9.17, 15) is 14.7 Å². The minimum atomic E-state index is -1.09. The number of carbonyl (C=O) groups excluding carboxylic acids is 2. The van der Waals surface area contributed by atoms with Crippen LogP contribution in [0.5, 0.6) is 0 Å². The van der Waals surface area contributed by atoms with Gasteiger partial charge in [-0.1, -0.05) is 17.9 Å². The molecule has 1 aromatic rings. The maximum absolute atomic E-state index is 12.5. The van der Waals surface area contributed by atoms with Gasteiger partial charge in [0.25, 0.3) is 5.91 Å². The summed E-state index contributed by atoms with van der Waals surface area (Å²) < 4.78 is 4.78. The molecule has 25 heavy (non-hydrogen) atoms. The van der Waals surface area contributed by atoms with E-state index in [1.807, 2.05) is 11.9 Å². The highest BCUT2D eigenvalue weighted by Gasteiger charge is 2.35. The number of ether oxygens (including phenoxy) is 1. The monoisotopic (exact) mass is 344 g/mol. The number of amides is 1. The molecule has 0 aromatic heterocycles. The molecule has 6 nitrogen and oxygen atoms in total. The van der Waals surface area contributed by atoms with Gasteiger partial charge < -0.3 is 15.2 Å². The van der Waals surface area contributed by atoms with Crippen LogP contribution in [-0.4, -0.2) is 60.3 Å². The Bertz CT molecular complexity index is 712. The fourth-order valence-corrected chi connectivity index (χ4v) is 2.75. The normalized spacial score (nSPS) is 20.5. The molecular formula is C19H24N2O4. The SMILES string of the molecule is COC(=O)[C@@H]1C[C@@H](NC(=O)c2cccc(C#CC(C)(C)O)c2)CN1C. The van der Waals surface area contributed by atoms with Crippen LogP contribution in [0.15, 0.2) is 24.3 Å². The smallest absolute Gasteiger partial charge is 0.323 e. The molecule has 0 radical (unpaired) electrons. The quantitative estimate of drug-likeness (QED) is 0.626. The third-order valence-corrected chi connectivity index (χ3v) is 3.99. The zero-order chi connectivity index (χ0) is 18.6. The molecule has 0 unspecified atom stereocenters. The van der Waals surface area contributed by atoms with Gasteiger partial charge >= 0.3 is 5.97 Å². The topological polar surface area (TPSA) is 78.9 Å². The number of hydrogen-bond acceptors (Lipinski definition) is 5. The Balaban J connectivity index is 2.04. The number of benzene rings is 1. The third kappa shape index (κ3) is 5.31. The molecule has 1 fully saturated rings. The first-order valence-electron chi connectivity index (χ1n) is 8.14. The predicted molar refractivity (Wildman–Crippen MR) is 93.9 cm³/mol. The minimum absolute atomic E-state index is 0.118. The van der Waals surface area contributed by atoms with Crippen molar-refractivity contribution in [3.8, 4) is 11.8 Å². The zero-order valence-electron chi connectivity index (χ0n) is 15.0. The van der Waals surface area contributed by atoms with Crippen LogP contribution in [0.4, 0.5) is 0 Å². The van der Waals surface area contributed by atoms with E-state index in [0.717, 1.165) is 0 Å². The highest BCUT2D eigenvalue weighted by molar-refractivity contribution is 5.94. The molecule has 1 aromatic carbocycles. The standard InChI is InChI=1S/C19H24N2O4/c1-19(2,24)9-8-13-6-5-7-14(10-13)17(22)20-15-11-16(18(23)25-4)21(3)12-15/h5-7,10,15-16,24H,11-12H2,1-4H3,(H,20,22)/t15-,16+/m1/s1. The molecule has 0 saturated carbocycles. The molecule has 1 aliphatic heterocycles. The summed E-state index contributed by atoms with van der Waals surface area (Å²) in [6.45, 7) is 3.79. The van der Waals surface area contributed by atoms with Gasteiger partial charge in [-0.05, 0) is 45.5 Å². The van der Waals surface area contributed by atoms with Crippen LogP contribution in [0.3, 0.4) is 0 Å². The first-order valence-corrected chi connectivity index (χ1v) is 8.14. The van der Waals surface area contributed by atoms with Gasteiger partial charge in [0.05, 0.1) is 7.11 Å². The van der Waals surface area contributed by atoms with E-state index in [1.165, 1.54) is 7.11 Å². The molecule has 6 heteroatoms. The lowest BCUT2D eigenvalue weighted by atomic mass is 10.1. The number of nitrogens with zero attached hydrogens (tertiary/aromatic N) is 1. The van der Waals surface area contributed by atoms with Crippen molar-refractivity contribution in [2.45, 2.75) is 38.0 Å². The van der Waals surface area contributed by atoms with Gasteiger partial charge in [-0.2, -0.15) is 0 Å². The maximum Gasteiger partial charge on any atom is 0.323 e. The van der Waals surface area contributed by atoms with Crippen molar-refractivity contribution in [1.29, 1.82) is 0 Å². The molecule has 2 N–H and O–H groups in total. The van der Waals surface area contributed by atoms with Crippen LogP contribution in [0.1, 0.15) is 36.2 Å². The van der Waals surface area contributed by atoms with Crippen molar-refractivity contribution >= 4 is 11.9 Å². The first kappa shape index (κ1) is 19.0. The highest BCUT2D eigenvalue weighted by Crippen LogP contribution is 2.17. The van der Waals surface area contributed by atoms with Crippen molar-refractivity contribution in [3.63, 3.8) is 0 Å². The summed E-state index contributed by atoms with van der Waals surface area (Å²) in [5.41, 5.74) is 0.0627. The molecule has 1 amide bonds. The largest absolute Gasteiger partial charge is 0.468 e. The van der Waals surface area contributed by atoms with Crippen LogP contribution in [0, 0.1) is 11.8 Å². The first-order chi connectivity index (χ1) is 11.7. The molecule has 1 aliphatic rings. The summed E-state index contributed by atoms with van der Waals surface area (Å²) in [4.78, 5) is 26.1. The molecule has 0 bridgehead atoms. The summed E-state index contributed by atoms with van der Waals surface area (Å²) in [7, 11) is 3.20.